The molecule has 0 atom stereocenters. The van der Waals surface area contributed by atoms with Crippen molar-refractivity contribution in [2.75, 3.05) is 0 Å². The monoisotopic (exact) mass is 805 g/mol. The summed E-state index contributed by atoms with van der Waals surface area (Å²) < 4.78 is 0. The maximum Gasteiger partial charge on any atom is 3.00 e. The average molecular weight is 805 g/mol. The summed E-state index contributed by atoms with van der Waals surface area (Å²) in [5.41, 5.74) is 6.30. The zero-order valence-electron chi connectivity index (χ0n) is 26.5. The van der Waals surface area contributed by atoms with Gasteiger partial charge in [0.15, 0.2) is 0 Å². The van der Waals surface area contributed by atoms with Gasteiger partial charge in [0.1, 0.15) is 0 Å². The zero-order chi connectivity index (χ0) is 32.4. The SMILES string of the molecule is [Ir+3].[c-]1nc(-c2ccccc2)cc2ccccc12.[c-]1nc(-c2ccccc2)cc2ccccc12.[c-]1nc(-c2ccccc2)cc2ccccc12. The van der Waals surface area contributed by atoms with E-state index in [2.05, 4.69) is 106 Å². The van der Waals surface area contributed by atoms with Gasteiger partial charge in [0.05, 0.1) is 0 Å². The molecule has 0 radical (unpaired) electrons. The van der Waals surface area contributed by atoms with Crippen LogP contribution < -0.4 is 0 Å². The van der Waals surface area contributed by atoms with E-state index in [0.29, 0.717) is 0 Å². The van der Waals surface area contributed by atoms with Crippen molar-refractivity contribution >= 4 is 32.3 Å². The fourth-order valence-corrected chi connectivity index (χ4v) is 5.34. The van der Waals surface area contributed by atoms with E-state index >= 15 is 0 Å². The Morgan fingerprint density at radius 2 is 0.531 bits per heavy atom. The van der Waals surface area contributed by atoms with Crippen LogP contribution in [-0.2, 0) is 20.1 Å². The maximum atomic E-state index is 4.35. The predicted molar refractivity (Wildman–Crippen MR) is 198 cm³/mol. The largest absolute Gasteiger partial charge is 3.00 e. The second-order valence-corrected chi connectivity index (χ2v) is 11.1. The van der Waals surface area contributed by atoms with E-state index < -0.39 is 0 Å². The first-order chi connectivity index (χ1) is 23.8. The van der Waals surface area contributed by atoms with Crippen molar-refractivity contribution in [2.45, 2.75) is 0 Å². The minimum absolute atomic E-state index is 0. The van der Waals surface area contributed by atoms with Gasteiger partial charge in [-0.1, -0.05) is 127 Å². The third-order valence-electron chi connectivity index (χ3n) is 7.86. The van der Waals surface area contributed by atoms with Crippen molar-refractivity contribution in [3.63, 3.8) is 0 Å². The molecule has 0 bridgehead atoms. The van der Waals surface area contributed by atoms with Gasteiger partial charge in [-0.25, -0.2) is 0 Å². The van der Waals surface area contributed by atoms with Crippen LogP contribution in [0.1, 0.15) is 0 Å². The number of nitrogens with zero attached hydrogens (tertiary/aromatic N) is 3. The van der Waals surface area contributed by atoms with Crippen molar-refractivity contribution in [3.8, 4) is 33.8 Å². The van der Waals surface area contributed by atoms with E-state index in [1.165, 1.54) is 16.2 Å². The number of hydrogen-bond acceptors (Lipinski definition) is 3. The quantitative estimate of drug-likeness (QED) is 0.167. The van der Waals surface area contributed by atoms with Gasteiger partial charge in [-0.15, -0.1) is 86.9 Å². The standard InChI is InChI=1S/3C15H10N.Ir/c3*1-2-6-12(7-3-1)15-10-13-8-4-5-9-14(13)11-16-15;/h3*1-10H;/q3*-1;+3. The third kappa shape index (κ3) is 8.38. The Morgan fingerprint density at radius 1 is 0.286 bits per heavy atom. The van der Waals surface area contributed by atoms with Gasteiger partial charge >= 0.3 is 20.1 Å². The molecule has 0 spiro atoms. The molecule has 9 rings (SSSR count). The maximum absolute atomic E-state index is 4.35. The van der Waals surface area contributed by atoms with Gasteiger partial charge in [0.25, 0.3) is 0 Å². The van der Waals surface area contributed by atoms with Crippen molar-refractivity contribution in [3.05, 3.63) is 201 Å². The summed E-state index contributed by atoms with van der Waals surface area (Å²) in [4.78, 5) is 13.1. The van der Waals surface area contributed by atoms with Crippen LogP contribution in [-0.4, -0.2) is 15.0 Å². The molecular formula is C45H30IrN3. The molecule has 0 N–H and O–H groups in total. The molecule has 6 aromatic carbocycles. The van der Waals surface area contributed by atoms with Gasteiger partial charge in [-0.2, -0.15) is 0 Å². The number of pyridine rings is 3. The molecule has 234 valence electrons. The Kier molecular flexibility index (Phi) is 11.0. The van der Waals surface area contributed by atoms with Gasteiger partial charge in [0.2, 0.25) is 0 Å². The summed E-state index contributed by atoms with van der Waals surface area (Å²) in [5, 5.41) is 6.70. The van der Waals surface area contributed by atoms with Crippen LogP contribution in [0.25, 0.3) is 66.1 Å². The van der Waals surface area contributed by atoms with Crippen LogP contribution in [0.5, 0.6) is 0 Å². The van der Waals surface area contributed by atoms with Crippen LogP contribution in [0.15, 0.2) is 182 Å². The number of rotatable bonds is 3. The molecule has 0 saturated heterocycles. The van der Waals surface area contributed by atoms with E-state index in [1.54, 1.807) is 0 Å². The topological polar surface area (TPSA) is 38.7 Å². The minimum Gasteiger partial charge on any atom is -0.352 e. The number of aromatic nitrogens is 3. The Hall–Kier alpha value is -5.80. The molecule has 0 saturated carbocycles. The summed E-state index contributed by atoms with van der Waals surface area (Å²) in [5.74, 6) is 0. The first-order valence-electron chi connectivity index (χ1n) is 15.8. The van der Waals surface area contributed by atoms with Gasteiger partial charge in [-0.3, -0.25) is 0 Å². The average Bonchev–Trinajstić information content (AvgIpc) is 3.19. The van der Waals surface area contributed by atoms with Crippen molar-refractivity contribution in [1.29, 1.82) is 0 Å². The molecule has 9 aromatic rings. The van der Waals surface area contributed by atoms with Crippen LogP contribution in [0.3, 0.4) is 0 Å². The molecule has 0 fully saturated rings. The van der Waals surface area contributed by atoms with Gasteiger partial charge in [-0.05, 0) is 52.4 Å². The first kappa shape index (κ1) is 33.1. The molecular weight excluding hydrogens is 775 g/mol. The van der Waals surface area contributed by atoms with Gasteiger partial charge < -0.3 is 15.0 Å². The molecule has 0 amide bonds. The molecule has 0 aliphatic heterocycles. The summed E-state index contributed by atoms with van der Waals surface area (Å²) in [6.07, 6.45) is 9.20. The number of fused-ring (bicyclic) bond motifs is 3. The Morgan fingerprint density at radius 3 is 0.816 bits per heavy atom. The molecule has 3 nitrogen and oxygen atoms in total. The van der Waals surface area contributed by atoms with Crippen molar-refractivity contribution in [2.24, 2.45) is 0 Å². The third-order valence-corrected chi connectivity index (χ3v) is 7.86. The normalized spacial score (nSPS) is 10.3. The van der Waals surface area contributed by atoms with E-state index in [4.69, 9.17) is 0 Å². The van der Waals surface area contributed by atoms with Crippen LogP contribution in [0.2, 0.25) is 0 Å². The zero-order valence-corrected chi connectivity index (χ0v) is 28.9. The summed E-state index contributed by atoms with van der Waals surface area (Å²) in [6.45, 7) is 0. The molecule has 0 aliphatic carbocycles. The van der Waals surface area contributed by atoms with Gasteiger partial charge in [0, 0.05) is 0 Å². The van der Waals surface area contributed by atoms with E-state index in [9.17, 15) is 0 Å². The predicted octanol–water partition coefficient (Wildman–Crippen LogP) is 11.1. The molecule has 0 unspecified atom stereocenters. The van der Waals surface area contributed by atoms with Crippen LogP contribution >= 0.6 is 0 Å². The van der Waals surface area contributed by atoms with E-state index in [-0.39, 0.29) is 20.1 Å². The number of benzene rings is 6. The summed E-state index contributed by atoms with van der Waals surface area (Å²) >= 11 is 0. The second-order valence-electron chi connectivity index (χ2n) is 11.1. The smallest absolute Gasteiger partial charge is 0.352 e. The molecule has 3 aromatic heterocycles. The fourth-order valence-electron chi connectivity index (χ4n) is 5.34. The molecule has 49 heavy (non-hydrogen) atoms. The van der Waals surface area contributed by atoms with E-state index in [0.717, 1.165) is 49.9 Å². The summed E-state index contributed by atoms with van der Waals surface area (Å²) in [6, 6.07) is 61.2. The number of hydrogen-bond donors (Lipinski definition) is 0. The first-order valence-corrected chi connectivity index (χ1v) is 15.8. The second kappa shape index (κ2) is 16.3. The molecule has 0 aliphatic rings. The fraction of sp³-hybridized carbons (Fsp3) is 0. The van der Waals surface area contributed by atoms with E-state index in [1.807, 2.05) is 109 Å². The Labute approximate surface area is 300 Å². The summed E-state index contributed by atoms with van der Waals surface area (Å²) in [7, 11) is 0. The van der Waals surface area contributed by atoms with Crippen LogP contribution in [0, 0.1) is 18.6 Å². The minimum atomic E-state index is 0. The van der Waals surface area contributed by atoms with Crippen molar-refractivity contribution in [1.82, 2.24) is 15.0 Å². The van der Waals surface area contributed by atoms with Crippen LogP contribution in [0.4, 0.5) is 0 Å². The molecule has 4 heteroatoms. The molecule has 3 heterocycles. The Bertz CT molecular complexity index is 2120. The van der Waals surface area contributed by atoms with Crippen molar-refractivity contribution < 1.29 is 20.1 Å². The Balaban J connectivity index is 0.000000126.